The first-order chi connectivity index (χ1) is 12.8. The van der Waals surface area contributed by atoms with Gasteiger partial charge in [0.25, 0.3) is 5.91 Å². The van der Waals surface area contributed by atoms with Gasteiger partial charge in [-0.15, -0.1) is 5.10 Å². The second-order valence-electron chi connectivity index (χ2n) is 6.54. The predicted molar refractivity (Wildman–Crippen MR) is 97.7 cm³/mol. The van der Waals surface area contributed by atoms with Crippen LogP contribution in [0.2, 0.25) is 0 Å². The maximum atomic E-state index is 12.7. The fraction of sp³-hybridized carbons (Fsp3) is 0.300. The van der Waals surface area contributed by atoms with Crippen LogP contribution in [0.25, 0.3) is 10.9 Å². The standard InChI is InChI=1S/C20H20N4O2/c25-20(19-4-2-8-22-23-19)24-9-10-26-14-16(13-24)11-15-5-6-18-17(12-15)3-1-7-21-18/h1-8,12,16H,9-11,13-14H2/t16-/m0/s1. The van der Waals surface area contributed by atoms with Crippen LogP contribution in [0.15, 0.2) is 54.9 Å². The fourth-order valence-electron chi connectivity index (χ4n) is 3.35. The summed E-state index contributed by atoms with van der Waals surface area (Å²) < 4.78 is 5.74. The highest BCUT2D eigenvalue weighted by Crippen LogP contribution is 2.19. The van der Waals surface area contributed by atoms with Crippen molar-refractivity contribution in [3.8, 4) is 0 Å². The number of ether oxygens (including phenoxy) is 1. The highest BCUT2D eigenvalue weighted by molar-refractivity contribution is 5.92. The number of nitrogens with zero attached hydrogens (tertiary/aromatic N) is 4. The van der Waals surface area contributed by atoms with Crippen molar-refractivity contribution in [1.29, 1.82) is 0 Å². The molecule has 26 heavy (non-hydrogen) atoms. The molecule has 1 atom stereocenters. The minimum Gasteiger partial charge on any atom is -0.379 e. The molecule has 3 aromatic rings. The molecule has 1 fully saturated rings. The number of benzene rings is 1. The number of carbonyl (C=O) groups is 1. The van der Waals surface area contributed by atoms with Crippen molar-refractivity contribution >= 4 is 16.8 Å². The van der Waals surface area contributed by atoms with Crippen LogP contribution in [0.1, 0.15) is 16.1 Å². The largest absolute Gasteiger partial charge is 0.379 e. The van der Waals surface area contributed by atoms with Crippen LogP contribution in [-0.2, 0) is 11.2 Å². The first-order valence-electron chi connectivity index (χ1n) is 8.78. The van der Waals surface area contributed by atoms with Crippen LogP contribution in [0.3, 0.4) is 0 Å². The number of hydrogen-bond donors (Lipinski definition) is 0. The van der Waals surface area contributed by atoms with Gasteiger partial charge in [0.05, 0.1) is 18.7 Å². The Hall–Kier alpha value is -2.86. The molecule has 0 saturated carbocycles. The van der Waals surface area contributed by atoms with Gasteiger partial charge >= 0.3 is 0 Å². The average molecular weight is 348 g/mol. The van der Waals surface area contributed by atoms with E-state index < -0.39 is 0 Å². The molecule has 0 radical (unpaired) electrons. The molecule has 6 nitrogen and oxygen atoms in total. The molecule has 1 aliphatic rings. The van der Waals surface area contributed by atoms with Gasteiger partial charge in [-0.3, -0.25) is 9.78 Å². The molecule has 0 bridgehead atoms. The number of amides is 1. The summed E-state index contributed by atoms with van der Waals surface area (Å²) in [6.45, 7) is 2.42. The molecule has 1 aromatic carbocycles. The number of aromatic nitrogens is 3. The molecule has 0 N–H and O–H groups in total. The molecule has 1 saturated heterocycles. The lowest BCUT2D eigenvalue weighted by molar-refractivity contribution is 0.0730. The summed E-state index contributed by atoms with van der Waals surface area (Å²) in [5, 5.41) is 8.88. The van der Waals surface area contributed by atoms with Crippen LogP contribution in [0.4, 0.5) is 0 Å². The van der Waals surface area contributed by atoms with Crippen molar-refractivity contribution in [2.45, 2.75) is 6.42 Å². The lowest BCUT2D eigenvalue weighted by Crippen LogP contribution is -2.37. The predicted octanol–water partition coefficient (Wildman–Crippen LogP) is 2.36. The number of pyridine rings is 1. The zero-order valence-electron chi connectivity index (χ0n) is 14.4. The molecule has 1 aliphatic heterocycles. The Labute approximate surface area is 151 Å². The van der Waals surface area contributed by atoms with Crippen molar-refractivity contribution in [3.05, 3.63) is 66.1 Å². The summed E-state index contributed by atoms with van der Waals surface area (Å²) in [5.41, 5.74) is 2.60. The van der Waals surface area contributed by atoms with Crippen molar-refractivity contribution in [1.82, 2.24) is 20.1 Å². The number of hydrogen-bond acceptors (Lipinski definition) is 5. The Morgan fingerprint density at radius 1 is 1.19 bits per heavy atom. The Kier molecular flexibility index (Phi) is 4.84. The van der Waals surface area contributed by atoms with Gasteiger partial charge < -0.3 is 9.64 Å². The fourth-order valence-corrected chi connectivity index (χ4v) is 3.35. The van der Waals surface area contributed by atoms with Gasteiger partial charge in [0.1, 0.15) is 0 Å². The molecule has 3 heterocycles. The minimum atomic E-state index is -0.0867. The topological polar surface area (TPSA) is 68.2 Å². The summed E-state index contributed by atoms with van der Waals surface area (Å²) in [7, 11) is 0. The Morgan fingerprint density at radius 3 is 3.00 bits per heavy atom. The second kappa shape index (κ2) is 7.58. The van der Waals surface area contributed by atoms with E-state index in [9.17, 15) is 4.79 Å². The zero-order chi connectivity index (χ0) is 17.8. The van der Waals surface area contributed by atoms with E-state index in [1.165, 1.54) is 5.56 Å². The molecule has 0 spiro atoms. The normalized spacial score (nSPS) is 17.8. The minimum absolute atomic E-state index is 0.0867. The summed E-state index contributed by atoms with van der Waals surface area (Å²) in [4.78, 5) is 18.9. The SMILES string of the molecule is O=C(c1cccnn1)N1CCOC[C@@H](Cc2ccc3ncccc3c2)C1. The third-order valence-corrected chi connectivity index (χ3v) is 4.61. The number of fused-ring (bicyclic) bond motifs is 1. The van der Waals surface area contributed by atoms with Crippen LogP contribution < -0.4 is 0 Å². The number of carbonyl (C=O) groups excluding carboxylic acids is 1. The maximum Gasteiger partial charge on any atom is 0.274 e. The summed E-state index contributed by atoms with van der Waals surface area (Å²) in [6.07, 6.45) is 4.23. The molecule has 132 valence electrons. The van der Waals surface area contributed by atoms with Crippen LogP contribution in [-0.4, -0.2) is 52.3 Å². The van der Waals surface area contributed by atoms with Gasteiger partial charge in [0.2, 0.25) is 0 Å². The Balaban J connectivity index is 1.49. The van der Waals surface area contributed by atoms with Gasteiger partial charge in [-0.05, 0) is 42.3 Å². The monoisotopic (exact) mass is 348 g/mol. The molecule has 1 amide bonds. The van der Waals surface area contributed by atoms with Gasteiger partial charge in [-0.1, -0.05) is 12.1 Å². The average Bonchev–Trinajstić information content (AvgIpc) is 2.93. The lowest BCUT2D eigenvalue weighted by atomic mass is 9.98. The quantitative estimate of drug-likeness (QED) is 0.727. The van der Waals surface area contributed by atoms with E-state index in [2.05, 4.69) is 33.4 Å². The van der Waals surface area contributed by atoms with Crippen molar-refractivity contribution in [2.24, 2.45) is 5.92 Å². The van der Waals surface area contributed by atoms with Crippen LogP contribution >= 0.6 is 0 Å². The smallest absolute Gasteiger partial charge is 0.274 e. The van der Waals surface area contributed by atoms with Crippen molar-refractivity contribution in [3.63, 3.8) is 0 Å². The second-order valence-corrected chi connectivity index (χ2v) is 6.54. The van der Waals surface area contributed by atoms with E-state index in [4.69, 9.17) is 4.74 Å². The summed E-state index contributed by atoms with van der Waals surface area (Å²) >= 11 is 0. The Bertz CT molecular complexity index is 900. The molecule has 2 aromatic heterocycles. The first-order valence-corrected chi connectivity index (χ1v) is 8.78. The highest BCUT2D eigenvalue weighted by atomic mass is 16.5. The van der Waals surface area contributed by atoms with Gasteiger partial charge in [-0.25, -0.2) is 0 Å². The Morgan fingerprint density at radius 2 is 2.12 bits per heavy atom. The van der Waals surface area contributed by atoms with Crippen LogP contribution in [0.5, 0.6) is 0 Å². The van der Waals surface area contributed by atoms with E-state index in [0.717, 1.165) is 17.3 Å². The highest BCUT2D eigenvalue weighted by Gasteiger charge is 2.24. The van der Waals surface area contributed by atoms with E-state index in [-0.39, 0.29) is 11.8 Å². The summed E-state index contributed by atoms with van der Waals surface area (Å²) in [5.74, 6) is 0.156. The van der Waals surface area contributed by atoms with E-state index >= 15 is 0 Å². The lowest BCUT2D eigenvalue weighted by Gasteiger charge is -2.23. The molecule has 0 unspecified atom stereocenters. The van der Waals surface area contributed by atoms with Crippen molar-refractivity contribution in [2.75, 3.05) is 26.3 Å². The molecular weight excluding hydrogens is 328 g/mol. The van der Waals surface area contributed by atoms with Gasteiger partial charge in [0, 0.05) is 36.8 Å². The van der Waals surface area contributed by atoms with E-state index in [1.807, 2.05) is 17.0 Å². The van der Waals surface area contributed by atoms with E-state index in [1.54, 1.807) is 24.5 Å². The third kappa shape index (κ3) is 3.70. The molecular formula is C20H20N4O2. The first kappa shape index (κ1) is 16.6. The molecule has 6 heteroatoms. The number of rotatable bonds is 3. The molecule has 4 rings (SSSR count). The summed E-state index contributed by atoms with van der Waals surface area (Å²) in [6, 6.07) is 13.8. The third-order valence-electron chi connectivity index (χ3n) is 4.61. The maximum absolute atomic E-state index is 12.7. The van der Waals surface area contributed by atoms with Crippen LogP contribution in [0, 0.1) is 5.92 Å². The molecule has 0 aliphatic carbocycles. The van der Waals surface area contributed by atoms with Crippen molar-refractivity contribution < 1.29 is 9.53 Å². The van der Waals surface area contributed by atoms with E-state index in [0.29, 0.717) is 32.0 Å². The van der Waals surface area contributed by atoms with Gasteiger partial charge in [0.15, 0.2) is 5.69 Å². The zero-order valence-corrected chi connectivity index (χ0v) is 14.4. The van der Waals surface area contributed by atoms with Gasteiger partial charge in [-0.2, -0.15) is 5.10 Å².